The number of likely N-dealkylation sites (tertiary alicyclic amines) is 1. The van der Waals surface area contributed by atoms with Gasteiger partial charge in [0, 0.05) is 37.8 Å². The maximum absolute atomic E-state index is 13.5. The number of rotatable bonds is 10. The Bertz CT molecular complexity index is 1230. The number of benzene rings is 2. The van der Waals surface area contributed by atoms with E-state index < -0.39 is 17.7 Å². The number of β-lactam (4-membered cyclic amide) rings is 1. The Labute approximate surface area is 244 Å². The molecule has 0 bridgehead atoms. The lowest BCUT2D eigenvalue weighted by Gasteiger charge is -2.53. The molecule has 8 nitrogen and oxygen atoms in total. The molecule has 1 N–H and O–H groups in total. The second-order valence-electron chi connectivity index (χ2n) is 11.8. The van der Waals surface area contributed by atoms with Crippen LogP contribution in [0, 0.1) is 12.3 Å². The van der Waals surface area contributed by atoms with Gasteiger partial charge in [0.2, 0.25) is 5.91 Å². The van der Waals surface area contributed by atoms with E-state index in [1.165, 1.54) is 17.7 Å². The minimum atomic E-state index is -0.767. The Kier molecular flexibility index (Phi) is 8.68. The Morgan fingerprint density at radius 3 is 2.15 bits per heavy atom. The summed E-state index contributed by atoms with van der Waals surface area (Å²) in [5.74, 6) is 0.355. The first-order valence-electron chi connectivity index (χ1n) is 15.3. The van der Waals surface area contributed by atoms with Crippen LogP contribution in [-0.2, 0) is 4.79 Å². The van der Waals surface area contributed by atoms with Crippen LogP contribution in [0.15, 0.2) is 48.5 Å². The van der Waals surface area contributed by atoms with E-state index in [1.807, 2.05) is 49.9 Å². The largest absolute Gasteiger partial charge is 0.469 e. The number of hydrogen-bond donors (Lipinski definition) is 1. The highest BCUT2D eigenvalue weighted by atomic mass is 16.5. The number of carbonyl (C=O) groups is 3. The summed E-state index contributed by atoms with van der Waals surface area (Å²) in [6.45, 7) is 11.4. The van der Waals surface area contributed by atoms with E-state index in [2.05, 4.69) is 17.1 Å². The second kappa shape index (κ2) is 12.2. The summed E-state index contributed by atoms with van der Waals surface area (Å²) >= 11 is 0. The molecule has 1 aliphatic carbocycles. The predicted molar refractivity (Wildman–Crippen MR) is 159 cm³/mol. The Hall–Kier alpha value is -3.39. The third kappa shape index (κ3) is 5.85. The fourth-order valence-corrected chi connectivity index (χ4v) is 6.24. The van der Waals surface area contributed by atoms with E-state index in [-0.39, 0.29) is 17.9 Å². The van der Waals surface area contributed by atoms with Crippen molar-refractivity contribution in [3.63, 3.8) is 0 Å². The number of aryl methyl sites for hydroxylation is 1. The van der Waals surface area contributed by atoms with Crippen LogP contribution in [0.5, 0.6) is 5.75 Å². The van der Waals surface area contributed by atoms with E-state index >= 15 is 0 Å². The normalized spacial score (nSPS) is 21.3. The van der Waals surface area contributed by atoms with Gasteiger partial charge < -0.3 is 15.0 Å². The van der Waals surface area contributed by atoms with Crippen LogP contribution in [0.25, 0.3) is 0 Å². The SMILES string of the molecule is CCC[C@H](NC(=O)N1C(=O)C(CC)(CC)[C@@H]1Oc1ccc(C(=O)N2CCN(C3CC3)CC2)cc1)c1ccc(C)cc1. The summed E-state index contributed by atoms with van der Waals surface area (Å²) in [6, 6.07) is 15.3. The van der Waals surface area contributed by atoms with Crippen LogP contribution in [0.3, 0.4) is 0 Å². The molecule has 2 aromatic carbocycles. The molecule has 2 aliphatic heterocycles. The lowest BCUT2D eigenvalue weighted by molar-refractivity contribution is -0.191. The van der Waals surface area contributed by atoms with Gasteiger partial charge in [-0.3, -0.25) is 14.5 Å². The van der Waals surface area contributed by atoms with Crippen molar-refractivity contribution < 1.29 is 19.1 Å². The first-order chi connectivity index (χ1) is 19.8. The molecule has 2 saturated heterocycles. The molecule has 2 heterocycles. The van der Waals surface area contributed by atoms with Crippen molar-refractivity contribution >= 4 is 17.8 Å². The topological polar surface area (TPSA) is 82.2 Å². The molecule has 8 heteroatoms. The standard InChI is InChI=1S/C33H44N4O4/c1-5-8-28(24-11-9-23(4)10-12-24)34-32(40)37-30(39)33(6-2,7-3)31(37)41-27-17-13-25(14-18-27)29(38)36-21-19-35(20-22-36)26-15-16-26/h9-14,17-18,26,28,31H,5-8,15-16,19-22H2,1-4H3,(H,34,40)/t28-,31-/m0/s1. The molecule has 5 rings (SSSR count). The van der Waals surface area contributed by atoms with E-state index in [0.717, 1.165) is 56.2 Å². The van der Waals surface area contributed by atoms with Crippen LogP contribution in [0.2, 0.25) is 0 Å². The summed E-state index contributed by atoms with van der Waals surface area (Å²) in [4.78, 5) is 45.7. The lowest BCUT2D eigenvalue weighted by atomic mass is 9.72. The number of piperazine rings is 1. The van der Waals surface area contributed by atoms with Crippen LogP contribution < -0.4 is 10.1 Å². The molecule has 0 radical (unpaired) electrons. The van der Waals surface area contributed by atoms with Crippen LogP contribution in [0.4, 0.5) is 4.79 Å². The van der Waals surface area contributed by atoms with E-state index in [0.29, 0.717) is 24.2 Å². The summed E-state index contributed by atoms with van der Waals surface area (Å²) in [7, 11) is 0. The van der Waals surface area contributed by atoms with Crippen LogP contribution >= 0.6 is 0 Å². The third-order valence-electron chi connectivity index (χ3n) is 9.20. The zero-order valence-corrected chi connectivity index (χ0v) is 24.9. The molecule has 41 heavy (non-hydrogen) atoms. The Morgan fingerprint density at radius 1 is 0.951 bits per heavy atom. The highest BCUT2D eigenvalue weighted by molar-refractivity contribution is 6.03. The Morgan fingerprint density at radius 2 is 1.59 bits per heavy atom. The number of amides is 4. The quantitative estimate of drug-likeness (QED) is 0.387. The van der Waals surface area contributed by atoms with Gasteiger partial charge >= 0.3 is 6.03 Å². The van der Waals surface area contributed by atoms with Gasteiger partial charge in [-0.05, 0) is 68.9 Å². The smallest absolute Gasteiger partial charge is 0.327 e. The molecule has 0 unspecified atom stereocenters. The fourth-order valence-electron chi connectivity index (χ4n) is 6.24. The number of urea groups is 1. The molecule has 2 atom stereocenters. The molecule has 220 valence electrons. The maximum Gasteiger partial charge on any atom is 0.327 e. The molecule has 3 fully saturated rings. The molecular formula is C33H44N4O4. The van der Waals surface area contributed by atoms with Gasteiger partial charge in [0.15, 0.2) is 6.23 Å². The van der Waals surface area contributed by atoms with Gasteiger partial charge in [0.25, 0.3) is 5.91 Å². The summed E-state index contributed by atoms with van der Waals surface area (Å²) in [5, 5.41) is 3.09. The number of carbonyl (C=O) groups excluding carboxylic acids is 3. The highest BCUT2D eigenvalue weighted by Crippen LogP contribution is 2.46. The van der Waals surface area contributed by atoms with Crippen molar-refractivity contribution in [3.05, 3.63) is 65.2 Å². The van der Waals surface area contributed by atoms with Crippen LogP contribution in [0.1, 0.15) is 86.8 Å². The monoisotopic (exact) mass is 560 g/mol. The second-order valence-corrected chi connectivity index (χ2v) is 11.8. The summed E-state index contributed by atoms with van der Waals surface area (Å²) in [5.41, 5.74) is 2.02. The highest BCUT2D eigenvalue weighted by Gasteiger charge is 2.63. The first-order valence-corrected chi connectivity index (χ1v) is 15.3. The molecule has 0 aromatic heterocycles. The number of imide groups is 1. The molecule has 4 amide bonds. The van der Waals surface area contributed by atoms with Gasteiger partial charge in [0.1, 0.15) is 11.2 Å². The van der Waals surface area contributed by atoms with Crippen molar-refractivity contribution in [2.75, 3.05) is 26.2 Å². The minimum Gasteiger partial charge on any atom is -0.469 e. The van der Waals surface area contributed by atoms with Crippen molar-refractivity contribution in [1.29, 1.82) is 0 Å². The van der Waals surface area contributed by atoms with Gasteiger partial charge in [-0.1, -0.05) is 57.0 Å². The molecule has 2 aromatic rings. The van der Waals surface area contributed by atoms with Crippen molar-refractivity contribution in [2.24, 2.45) is 5.41 Å². The van der Waals surface area contributed by atoms with Gasteiger partial charge in [-0.15, -0.1) is 0 Å². The maximum atomic E-state index is 13.5. The molecule has 3 aliphatic rings. The minimum absolute atomic E-state index is 0.0290. The van der Waals surface area contributed by atoms with E-state index in [1.54, 1.807) is 24.3 Å². The third-order valence-corrected chi connectivity index (χ3v) is 9.20. The van der Waals surface area contributed by atoms with Gasteiger partial charge in [-0.25, -0.2) is 9.69 Å². The zero-order valence-electron chi connectivity index (χ0n) is 24.9. The van der Waals surface area contributed by atoms with Crippen molar-refractivity contribution in [3.8, 4) is 5.75 Å². The number of nitrogens with one attached hydrogen (secondary N) is 1. The van der Waals surface area contributed by atoms with Crippen molar-refractivity contribution in [2.45, 2.75) is 84.5 Å². The van der Waals surface area contributed by atoms with Crippen molar-refractivity contribution in [1.82, 2.24) is 20.0 Å². The van der Waals surface area contributed by atoms with E-state index in [4.69, 9.17) is 4.74 Å². The molecule has 1 saturated carbocycles. The zero-order chi connectivity index (χ0) is 29.1. The first kappa shape index (κ1) is 29.1. The summed E-state index contributed by atoms with van der Waals surface area (Å²) < 4.78 is 6.36. The summed E-state index contributed by atoms with van der Waals surface area (Å²) in [6.07, 6.45) is 4.63. The van der Waals surface area contributed by atoms with E-state index in [9.17, 15) is 14.4 Å². The number of ether oxygens (including phenoxy) is 1. The molecular weight excluding hydrogens is 516 g/mol. The number of hydrogen-bond acceptors (Lipinski definition) is 5. The average molecular weight is 561 g/mol. The number of nitrogens with zero attached hydrogens (tertiary/aromatic N) is 3. The Balaban J connectivity index is 1.27. The lowest BCUT2D eigenvalue weighted by Crippen LogP contribution is -2.73. The van der Waals surface area contributed by atoms with Gasteiger partial charge in [0.05, 0.1) is 6.04 Å². The fraction of sp³-hybridized carbons (Fsp3) is 0.545. The molecule has 0 spiro atoms. The predicted octanol–water partition coefficient (Wildman–Crippen LogP) is 5.52. The van der Waals surface area contributed by atoms with Crippen LogP contribution in [-0.4, -0.2) is 71.0 Å². The van der Waals surface area contributed by atoms with Gasteiger partial charge in [-0.2, -0.15) is 0 Å². The average Bonchev–Trinajstić information content (AvgIpc) is 3.84.